The van der Waals surface area contributed by atoms with Crippen molar-refractivity contribution in [2.75, 3.05) is 32.7 Å². The van der Waals surface area contributed by atoms with Gasteiger partial charge in [-0.3, -0.25) is 14.5 Å². The van der Waals surface area contributed by atoms with Crippen LogP contribution >= 0.6 is 0 Å². The molecule has 1 heterocycles. The standard InChI is InChI=1S/C17H29N3O2/c1-12(2)10-13-15(17(13,3)4)16(22)20-7-5-6-19(8-9-20)11-14(18)21/h10,13,15H,5-9,11H2,1-4H3,(H2,18,21)/t13-,15+/m1/s1. The van der Waals surface area contributed by atoms with Gasteiger partial charge in [-0.1, -0.05) is 25.5 Å². The molecule has 0 radical (unpaired) electrons. The van der Waals surface area contributed by atoms with Crippen LogP contribution in [0, 0.1) is 17.3 Å². The summed E-state index contributed by atoms with van der Waals surface area (Å²) >= 11 is 0. The van der Waals surface area contributed by atoms with Crippen molar-refractivity contribution < 1.29 is 9.59 Å². The molecule has 0 aromatic carbocycles. The molecule has 1 saturated carbocycles. The quantitative estimate of drug-likeness (QED) is 0.795. The normalized spacial score (nSPS) is 27.9. The average Bonchev–Trinajstić information content (AvgIpc) is 3.00. The molecule has 0 unspecified atom stereocenters. The summed E-state index contributed by atoms with van der Waals surface area (Å²) in [7, 11) is 0. The Morgan fingerprint density at radius 2 is 1.86 bits per heavy atom. The Morgan fingerprint density at radius 3 is 2.45 bits per heavy atom. The van der Waals surface area contributed by atoms with Crippen molar-refractivity contribution in [3.63, 3.8) is 0 Å². The van der Waals surface area contributed by atoms with Crippen molar-refractivity contribution in [3.05, 3.63) is 11.6 Å². The molecule has 0 spiro atoms. The van der Waals surface area contributed by atoms with Gasteiger partial charge < -0.3 is 10.6 Å². The van der Waals surface area contributed by atoms with Gasteiger partial charge in [-0.05, 0) is 31.6 Å². The zero-order chi connectivity index (χ0) is 16.5. The largest absolute Gasteiger partial charge is 0.369 e. The van der Waals surface area contributed by atoms with Crippen LogP contribution in [0.2, 0.25) is 0 Å². The number of hydrogen-bond donors (Lipinski definition) is 1. The molecule has 1 saturated heterocycles. The molecular formula is C17H29N3O2. The van der Waals surface area contributed by atoms with Gasteiger partial charge in [0.05, 0.1) is 12.5 Å². The van der Waals surface area contributed by atoms with Crippen molar-refractivity contribution in [2.45, 2.75) is 34.1 Å². The highest BCUT2D eigenvalue weighted by Crippen LogP contribution is 2.60. The SMILES string of the molecule is CC(C)=C[C@@H]1[C@@H](C(=O)N2CCCN(CC(N)=O)CC2)C1(C)C. The first-order valence-electron chi connectivity index (χ1n) is 8.18. The van der Waals surface area contributed by atoms with Gasteiger partial charge in [-0.25, -0.2) is 0 Å². The van der Waals surface area contributed by atoms with Crippen molar-refractivity contribution in [1.82, 2.24) is 9.80 Å². The Hall–Kier alpha value is -1.36. The number of hydrogen-bond acceptors (Lipinski definition) is 3. The summed E-state index contributed by atoms with van der Waals surface area (Å²) in [4.78, 5) is 27.9. The zero-order valence-corrected chi connectivity index (χ0v) is 14.3. The van der Waals surface area contributed by atoms with Crippen LogP contribution in [0.25, 0.3) is 0 Å². The lowest BCUT2D eigenvalue weighted by Crippen LogP contribution is -2.39. The summed E-state index contributed by atoms with van der Waals surface area (Å²) in [6.07, 6.45) is 3.14. The molecule has 1 aliphatic heterocycles. The lowest BCUT2D eigenvalue weighted by Gasteiger charge is -2.22. The molecule has 2 atom stereocenters. The van der Waals surface area contributed by atoms with Crippen LogP contribution in [-0.2, 0) is 9.59 Å². The molecule has 2 amide bonds. The number of allylic oxidation sites excluding steroid dienone is 2. The molecule has 0 aromatic rings. The Kier molecular flexibility index (Phi) is 4.95. The Bertz CT molecular complexity index is 480. The second-order valence-corrected chi connectivity index (χ2v) is 7.49. The maximum atomic E-state index is 12.8. The van der Waals surface area contributed by atoms with E-state index in [1.807, 2.05) is 9.80 Å². The van der Waals surface area contributed by atoms with E-state index in [4.69, 9.17) is 5.73 Å². The van der Waals surface area contributed by atoms with E-state index >= 15 is 0 Å². The number of primary amides is 1. The Balaban J connectivity index is 1.96. The van der Waals surface area contributed by atoms with Gasteiger partial charge in [0.15, 0.2) is 0 Å². The second-order valence-electron chi connectivity index (χ2n) is 7.49. The minimum atomic E-state index is -0.299. The molecule has 0 aromatic heterocycles. The van der Waals surface area contributed by atoms with Crippen LogP contribution in [0.3, 0.4) is 0 Å². The van der Waals surface area contributed by atoms with E-state index in [-0.39, 0.29) is 29.7 Å². The molecule has 2 N–H and O–H groups in total. The molecule has 0 bridgehead atoms. The molecule has 5 nitrogen and oxygen atoms in total. The summed E-state index contributed by atoms with van der Waals surface area (Å²) in [5.41, 5.74) is 6.60. The Morgan fingerprint density at radius 1 is 1.18 bits per heavy atom. The van der Waals surface area contributed by atoms with Gasteiger partial charge in [0, 0.05) is 26.2 Å². The van der Waals surface area contributed by atoms with Crippen molar-refractivity contribution in [3.8, 4) is 0 Å². The van der Waals surface area contributed by atoms with Gasteiger partial charge in [-0.15, -0.1) is 0 Å². The van der Waals surface area contributed by atoms with Crippen LogP contribution in [-0.4, -0.2) is 54.3 Å². The van der Waals surface area contributed by atoms with Crippen LogP contribution in [0.1, 0.15) is 34.1 Å². The van der Waals surface area contributed by atoms with E-state index in [2.05, 4.69) is 33.8 Å². The number of amides is 2. The number of carbonyl (C=O) groups is 2. The third kappa shape index (κ3) is 3.69. The fourth-order valence-electron chi connectivity index (χ4n) is 3.59. The smallest absolute Gasteiger partial charge is 0.231 e. The summed E-state index contributed by atoms with van der Waals surface area (Å²) in [6.45, 7) is 11.9. The van der Waals surface area contributed by atoms with E-state index in [9.17, 15) is 9.59 Å². The second kappa shape index (κ2) is 6.41. The predicted octanol–water partition coefficient (Wildman–Crippen LogP) is 1.24. The zero-order valence-electron chi connectivity index (χ0n) is 14.3. The highest BCUT2D eigenvalue weighted by atomic mass is 16.2. The van der Waals surface area contributed by atoms with Gasteiger partial charge >= 0.3 is 0 Å². The summed E-state index contributed by atoms with van der Waals surface area (Å²) < 4.78 is 0. The van der Waals surface area contributed by atoms with E-state index in [0.29, 0.717) is 12.5 Å². The molecule has 2 rings (SSSR count). The van der Waals surface area contributed by atoms with Gasteiger partial charge in [0.2, 0.25) is 11.8 Å². The first-order chi connectivity index (χ1) is 10.2. The molecule has 5 heteroatoms. The van der Waals surface area contributed by atoms with Crippen LogP contribution in [0.4, 0.5) is 0 Å². The highest BCUT2D eigenvalue weighted by Gasteiger charge is 2.61. The fraction of sp³-hybridized carbons (Fsp3) is 0.765. The summed E-state index contributed by atoms with van der Waals surface area (Å²) in [5, 5.41) is 0. The van der Waals surface area contributed by atoms with E-state index in [0.717, 1.165) is 26.1 Å². The maximum absolute atomic E-state index is 12.8. The van der Waals surface area contributed by atoms with E-state index in [1.165, 1.54) is 5.57 Å². The lowest BCUT2D eigenvalue weighted by molar-refractivity contribution is -0.133. The first-order valence-corrected chi connectivity index (χ1v) is 8.18. The molecule has 22 heavy (non-hydrogen) atoms. The molecular weight excluding hydrogens is 278 g/mol. The summed E-state index contributed by atoms with van der Waals surface area (Å²) in [6, 6.07) is 0. The number of rotatable bonds is 4. The molecule has 1 aliphatic carbocycles. The van der Waals surface area contributed by atoms with Crippen molar-refractivity contribution in [2.24, 2.45) is 23.0 Å². The van der Waals surface area contributed by atoms with Crippen LogP contribution < -0.4 is 5.73 Å². The van der Waals surface area contributed by atoms with Crippen molar-refractivity contribution >= 4 is 11.8 Å². The van der Waals surface area contributed by atoms with E-state index in [1.54, 1.807) is 0 Å². The third-order valence-electron chi connectivity index (χ3n) is 4.97. The first kappa shape index (κ1) is 17.0. The van der Waals surface area contributed by atoms with E-state index < -0.39 is 0 Å². The molecule has 124 valence electrons. The molecule has 2 aliphatic rings. The number of nitrogens with two attached hydrogens (primary N) is 1. The Labute approximate surface area is 133 Å². The highest BCUT2D eigenvalue weighted by molar-refractivity contribution is 5.84. The number of carbonyl (C=O) groups excluding carboxylic acids is 2. The fourth-order valence-corrected chi connectivity index (χ4v) is 3.59. The van der Waals surface area contributed by atoms with Gasteiger partial charge in [0.1, 0.15) is 0 Å². The lowest BCUT2D eigenvalue weighted by atomic mass is 10.1. The topological polar surface area (TPSA) is 66.6 Å². The predicted molar refractivity (Wildman–Crippen MR) is 87.0 cm³/mol. The maximum Gasteiger partial charge on any atom is 0.231 e. The monoisotopic (exact) mass is 307 g/mol. The number of nitrogens with zero attached hydrogens (tertiary/aromatic N) is 2. The summed E-state index contributed by atoms with van der Waals surface area (Å²) in [5.74, 6) is 0.431. The van der Waals surface area contributed by atoms with Gasteiger partial charge in [0.25, 0.3) is 0 Å². The van der Waals surface area contributed by atoms with Gasteiger partial charge in [-0.2, -0.15) is 0 Å². The minimum Gasteiger partial charge on any atom is -0.369 e. The average molecular weight is 307 g/mol. The van der Waals surface area contributed by atoms with Crippen LogP contribution in [0.15, 0.2) is 11.6 Å². The van der Waals surface area contributed by atoms with Crippen LogP contribution in [0.5, 0.6) is 0 Å². The molecule has 2 fully saturated rings. The minimum absolute atomic E-state index is 0.0631. The third-order valence-corrected chi connectivity index (χ3v) is 4.97. The van der Waals surface area contributed by atoms with Crippen molar-refractivity contribution in [1.29, 1.82) is 0 Å².